The number of aromatic nitrogens is 1. The van der Waals surface area contributed by atoms with E-state index in [1.165, 1.54) is 41.6 Å². The molecule has 0 unspecified atom stereocenters. The molecular weight excluding hydrogens is 398 g/mol. The maximum absolute atomic E-state index is 12.4. The maximum atomic E-state index is 12.4. The minimum atomic E-state index is -0.466. The number of nitrogens with one attached hydrogen (secondary N) is 1. The van der Waals surface area contributed by atoms with Crippen molar-refractivity contribution in [1.29, 1.82) is 0 Å². The van der Waals surface area contributed by atoms with Gasteiger partial charge in [0, 0.05) is 46.4 Å². The van der Waals surface area contributed by atoms with E-state index in [2.05, 4.69) is 40.3 Å². The Labute approximate surface area is 177 Å². The van der Waals surface area contributed by atoms with Crippen molar-refractivity contribution in [2.75, 3.05) is 11.1 Å². The van der Waals surface area contributed by atoms with Crippen molar-refractivity contribution in [3.8, 4) is 0 Å². The molecule has 0 aliphatic heterocycles. The second-order valence-electron chi connectivity index (χ2n) is 6.76. The summed E-state index contributed by atoms with van der Waals surface area (Å²) in [5, 5.41) is 14.6. The topological polar surface area (TPSA) is 77.2 Å². The van der Waals surface area contributed by atoms with Gasteiger partial charge in [0.1, 0.15) is 0 Å². The van der Waals surface area contributed by atoms with Crippen LogP contribution in [0.5, 0.6) is 0 Å². The predicted octanol–water partition coefficient (Wildman–Crippen LogP) is 5.33. The summed E-state index contributed by atoms with van der Waals surface area (Å²) in [7, 11) is 0. The number of carbonyl (C=O) groups excluding carboxylic acids is 1. The highest BCUT2D eigenvalue weighted by molar-refractivity contribution is 8.00. The first kappa shape index (κ1) is 19.7. The maximum Gasteiger partial charge on any atom is 0.269 e. The highest BCUT2D eigenvalue weighted by atomic mass is 32.2. The molecule has 6 nitrogen and oxygen atoms in total. The van der Waals surface area contributed by atoms with Crippen molar-refractivity contribution >= 4 is 39.9 Å². The van der Waals surface area contributed by atoms with Crippen molar-refractivity contribution in [1.82, 2.24) is 4.57 Å². The van der Waals surface area contributed by atoms with Gasteiger partial charge in [0.2, 0.25) is 5.91 Å². The zero-order chi connectivity index (χ0) is 20.9. The summed E-state index contributed by atoms with van der Waals surface area (Å²) in [4.78, 5) is 23.7. The lowest BCUT2D eigenvalue weighted by Crippen LogP contribution is -2.13. The molecule has 0 bridgehead atoms. The fraction of sp³-hybridized carbons (Fsp3) is 0.0870. The molecule has 0 aliphatic carbocycles. The molecule has 1 N–H and O–H groups in total. The molecule has 3 aromatic carbocycles. The molecule has 4 rings (SSSR count). The number of benzene rings is 3. The van der Waals surface area contributed by atoms with Crippen molar-refractivity contribution < 1.29 is 9.72 Å². The Balaban J connectivity index is 1.46. The number of fused-ring (bicyclic) bond motifs is 1. The lowest BCUT2D eigenvalue weighted by molar-refractivity contribution is -0.384. The van der Waals surface area contributed by atoms with E-state index in [1.807, 2.05) is 30.3 Å². The van der Waals surface area contributed by atoms with E-state index < -0.39 is 4.92 Å². The minimum absolute atomic E-state index is 0.00593. The van der Waals surface area contributed by atoms with Crippen molar-refractivity contribution in [3.63, 3.8) is 0 Å². The zero-order valence-electron chi connectivity index (χ0n) is 16.0. The van der Waals surface area contributed by atoms with Crippen LogP contribution in [-0.4, -0.2) is 21.2 Å². The first-order chi connectivity index (χ1) is 14.6. The molecule has 0 atom stereocenters. The summed E-state index contributed by atoms with van der Waals surface area (Å²) in [5.41, 5.74) is 2.87. The van der Waals surface area contributed by atoms with Gasteiger partial charge < -0.3 is 9.88 Å². The quantitative estimate of drug-likeness (QED) is 0.250. The molecule has 30 heavy (non-hydrogen) atoms. The lowest BCUT2D eigenvalue weighted by Gasteiger charge is -2.05. The van der Waals surface area contributed by atoms with E-state index in [-0.39, 0.29) is 17.3 Å². The predicted molar refractivity (Wildman–Crippen MR) is 120 cm³/mol. The molecule has 0 saturated carbocycles. The van der Waals surface area contributed by atoms with Gasteiger partial charge in [-0.2, -0.15) is 0 Å². The van der Waals surface area contributed by atoms with Gasteiger partial charge in [0.05, 0.1) is 10.7 Å². The third-order valence-electron chi connectivity index (χ3n) is 4.67. The number of nitro groups is 1. The average Bonchev–Trinajstić information content (AvgIpc) is 3.11. The van der Waals surface area contributed by atoms with Crippen LogP contribution in [0.15, 0.2) is 90.0 Å². The van der Waals surface area contributed by atoms with Gasteiger partial charge in [-0.3, -0.25) is 14.9 Å². The number of nitrogens with zero attached hydrogens (tertiary/aromatic N) is 2. The fourth-order valence-electron chi connectivity index (χ4n) is 3.25. The normalized spacial score (nSPS) is 10.8. The summed E-state index contributed by atoms with van der Waals surface area (Å²) in [5.74, 6) is 0.0878. The smallest absolute Gasteiger partial charge is 0.269 e. The van der Waals surface area contributed by atoms with E-state index in [0.29, 0.717) is 5.69 Å². The summed E-state index contributed by atoms with van der Waals surface area (Å²) in [6.07, 6.45) is 2.08. The summed E-state index contributed by atoms with van der Waals surface area (Å²) in [6.45, 7) is 0.761. The molecule has 1 amide bonds. The molecule has 0 spiro atoms. The first-order valence-electron chi connectivity index (χ1n) is 9.39. The zero-order valence-corrected chi connectivity index (χ0v) is 16.8. The van der Waals surface area contributed by atoms with Crippen LogP contribution in [0, 0.1) is 10.1 Å². The van der Waals surface area contributed by atoms with Crippen molar-refractivity contribution in [2.45, 2.75) is 11.4 Å². The van der Waals surface area contributed by atoms with Crippen LogP contribution in [0.3, 0.4) is 0 Å². The monoisotopic (exact) mass is 417 g/mol. The van der Waals surface area contributed by atoms with Crippen LogP contribution in [0.25, 0.3) is 10.9 Å². The number of hydrogen-bond acceptors (Lipinski definition) is 4. The summed E-state index contributed by atoms with van der Waals surface area (Å²) in [6, 6.07) is 24.2. The van der Waals surface area contributed by atoms with E-state index in [1.54, 1.807) is 0 Å². The largest absolute Gasteiger partial charge is 0.342 e. The van der Waals surface area contributed by atoms with Crippen molar-refractivity contribution in [3.05, 3.63) is 101 Å². The van der Waals surface area contributed by atoms with Crippen LogP contribution < -0.4 is 5.32 Å². The Morgan fingerprint density at radius 2 is 1.67 bits per heavy atom. The number of anilines is 1. The first-order valence-corrected chi connectivity index (χ1v) is 10.4. The molecule has 0 fully saturated rings. The van der Waals surface area contributed by atoms with Gasteiger partial charge in [-0.05, 0) is 23.8 Å². The number of nitro benzene ring substituents is 1. The van der Waals surface area contributed by atoms with Gasteiger partial charge in [-0.1, -0.05) is 48.5 Å². The average molecular weight is 417 g/mol. The second kappa shape index (κ2) is 8.84. The van der Waals surface area contributed by atoms with Gasteiger partial charge in [-0.25, -0.2) is 0 Å². The second-order valence-corrected chi connectivity index (χ2v) is 7.78. The van der Waals surface area contributed by atoms with Gasteiger partial charge in [0.25, 0.3) is 5.69 Å². The number of hydrogen-bond donors (Lipinski definition) is 1. The molecule has 0 radical (unpaired) electrons. The lowest BCUT2D eigenvalue weighted by atomic mass is 10.2. The Kier molecular flexibility index (Phi) is 5.81. The van der Waals surface area contributed by atoms with Crippen LogP contribution in [0.2, 0.25) is 0 Å². The fourth-order valence-corrected chi connectivity index (χ4v) is 4.13. The van der Waals surface area contributed by atoms with Gasteiger partial charge >= 0.3 is 0 Å². The Hall–Kier alpha value is -3.58. The standard InChI is InChI=1S/C23H19N3O3S/c27-23(24-18-10-12-19(13-11-18)26(28)29)16-30-22-15-25(14-17-6-2-1-3-7-17)21-9-5-4-8-20(21)22/h1-13,15H,14,16H2,(H,24,27). The summed E-state index contributed by atoms with van der Waals surface area (Å²) >= 11 is 1.48. The number of rotatable bonds is 7. The highest BCUT2D eigenvalue weighted by Gasteiger charge is 2.12. The molecule has 4 aromatic rings. The SMILES string of the molecule is O=C(CSc1cn(Cc2ccccc2)c2ccccc12)Nc1ccc([N+](=O)[O-])cc1. The number of carbonyl (C=O) groups is 1. The van der Waals surface area contributed by atoms with Crippen LogP contribution >= 0.6 is 11.8 Å². The van der Waals surface area contributed by atoms with Crippen molar-refractivity contribution in [2.24, 2.45) is 0 Å². The van der Waals surface area contributed by atoms with Gasteiger partial charge in [-0.15, -0.1) is 11.8 Å². The number of para-hydroxylation sites is 1. The molecule has 1 heterocycles. The van der Waals surface area contributed by atoms with Gasteiger partial charge in [0.15, 0.2) is 0 Å². The summed E-state index contributed by atoms with van der Waals surface area (Å²) < 4.78 is 2.20. The number of non-ortho nitro benzene ring substituents is 1. The Morgan fingerprint density at radius 3 is 2.40 bits per heavy atom. The molecule has 0 saturated heterocycles. The third kappa shape index (κ3) is 4.52. The minimum Gasteiger partial charge on any atom is -0.342 e. The van der Waals surface area contributed by atoms with Crippen LogP contribution in [-0.2, 0) is 11.3 Å². The molecule has 1 aromatic heterocycles. The van der Waals surface area contributed by atoms with E-state index in [4.69, 9.17) is 0 Å². The molecular formula is C23H19N3O3S. The van der Waals surface area contributed by atoms with E-state index in [0.717, 1.165) is 22.3 Å². The van der Waals surface area contributed by atoms with E-state index in [9.17, 15) is 14.9 Å². The van der Waals surface area contributed by atoms with Crippen LogP contribution in [0.1, 0.15) is 5.56 Å². The Bertz CT molecular complexity index is 1190. The molecule has 7 heteroatoms. The number of amides is 1. The highest BCUT2D eigenvalue weighted by Crippen LogP contribution is 2.30. The van der Waals surface area contributed by atoms with Crippen LogP contribution in [0.4, 0.5) is 11.4 Å². The number of thioether (sulfide) groups is 1. The third-order valence-corrected chi connectivity index (χ3v) is 5.71. The molecule has 0 aliphatic rings. The Morgan fingerprint density at radius 1 is 0.967 bits per heavy atom. The van der Waals surface area contributed by atoms with E-state index >= 15 is 0 Å². The molecule has 150 valence electrons.